The lowest BCUT2D eigenvalue weighted by molar-refractivity contribution is 0.233. The van der Waals surface area contributed by atoms with E-state index in [-0.39, 0.29) is 12.4 Å². The van der Waals surface area contributed by atoms with Crippen molar-refractivity contribution in [1.82, 2.24) is 10.2 Å². The zero-order chi connectivity index (χ0) is 13.7. The average molecular weight is 294 g/mol. The molecular formula is C16H24ClN3. The normalized spacial score (nSPS) is 15.7. The third-order valence-corrected chi connectivity index (χ3v) is 3.54. The van der Waals surface area contributed by atoms with E-state index in [1.54, 1.807) is 0 Å². The number of hydrogen-bond acceptors (Lipinski definition) is 3. The summed E-state index contributed by atoms with van der Waals surface area (Å²) in [6.07, 6.45) is 1.08. The van der Waals surface area contributed by atoms with Gasteiger partial charge in [-0.1, -0.05) is 26.0 Å². The van der Waals surface area contributed by atoms with Crippen LogP contribution < -0.4 is 5.32 Å². The maximum absolute atomic E-state index is 9.24. The molecule has 0 aliphatic carbocycles. The van der Waals surface area contributed by atoms with E-state index in [4.69, 9.17) is 0 Å². The van der Waals surface area contributed by atoms with Gasteiger partial charge in [-0.25, -0.2) is 0 Å². The van der Waals surface area contributed by atoms with E-state index in [1.165, 1.54) is 11.1 Å². The summed E-state index contributed by atoms with van der Waals surface area (Å²) in [4.78, 5) is 2.42. The second-order valence-corrected chi connectivity index (χ2v) is 5.73. The Balaban J connectivity index is 0.00000200. The first-order valence-corrected chi connectivity index (χ1v) is 7.14. The molecule has 1 N–H and O–H groups in total. The summed E-state index contributed by atoms with van der Waals surface area (Å²) in [5.74, 6) is 0.653. The molecule has 0 aromatic heterocycles. The van der Waals surface area contributed by atoms with E-state index < -0.39 is 0 Å². The van der Waals surface area contributed by atoms with Gasteiger partial charge in [0.25, 0.3) is 0 Å². The molecule has 110 valence electrons. The van der Waals surface area contributed by atoms with Gasteiger partial charge in [0.2, 0.25) is 0 Å². The van der Waals surface area contributed by atoms with Crippen LogP contribution in [-0.2, 0) is 13.0 Å². The van der Waals surface area contributed by atoms with Crippen molar-refractivity contribution in [3.8, 4) is 6.07 Å². The first kappa shape index (κ1) is 17.0. The van der Waals surface area contributed by atoms with Crippen LogP contribution in [0.15, 0.2) is 18.2 Å². The smallest absolute Gasteiger partial charge is 0.0995 e. The zero-order valence-corrected chi connectivity index (χ0v) is 13.2. The lowest BCUT2D eigenvalue weighted by atomic mass is 9.98. The van der Waals surface area contributed by atoms with Gasteiger partial charge in [-0.15, -0.1) is 12.4 Å². The number of nitrogens with one attached hydrogen (secondary N) is 1. The monoisotopic (exact) mass is 293 g/mol. The van der Waals surface area contributed by atoms with Crippen molar-refractivity contribution in [2.45, 2.75) is 26.8 Å². The van der Waals surface area contributed by atoms with Crippen LogP contribution in [0.3, 0.4) is 0 Å². The summed E-state index contributed by atoms with van der Waals surface area (Å²) in [5, 5.41) is 12.6. The average Bonchev–Trinajstić information content (AvgIpc) is 2.39. The van der Waals surface area contributed by atoms with Gasteiger partial charge >= 0.3 is 0 Å². The molecule has 1 aromatic rings. The van der Waals surface area contributed by atoms with Crippen LogP contribution in [0.5, 0.6) is 0 Å². The highest BCUT2D eigenvalue weighted by atomic mass is 35.5. The number of rotatable bonds is 4. The molecule has 0 atom stereocenters. The minimum atomic E-state index is 0. The van der Waals surface area contributed by atoms with E-state index in [0.717, 1.165) is 44.7 Å². The predicted octanol–water partition coefficient (Wildman–Crippen LogP) is 2.58. The van der Waals surface area contributed by atoms with Gasteiger partial charge in [0.1, 0.15) is 0 Å². The second-order valence-electron chi connectivity index (χ2n) is 5.73. The maximum Gasteiger partial charge on any atom is 0.0995 e. The zero-order valence-electron chi connectivity index (χ0n) is 12.4. The predicted molar refractivity (Wildman–Crippen MR) is 85.1 cm³/mol. The molecule has 1 heterocycles. The number of hydrogen-bond donors (Lipinski definition) is 1. The van der Waals surface area contributed by atoms with Crippen molar-refractivity contribution in [3.63, 3.8) is 0 Å². The lowest BCUT2D eigenvalue weighted by Crippen LogP contribution is -2.43. The Morgan fingerprint density at radius 2 is 2.00 bits per heavy atom. The SMILES string of the molecule is CC(C)Cc1ccc(C#N)c(CN2CCNCC2)c1.Cl. The van der Waals surface area contributed by atoms with Crippen LogP contribution in [0.2, 0.25) is 0 Å². The summed E-state index contributed by atoms with van der Waals surface area (Å²) in [6, 6.07) is 8.62. The molecule has 0 unspecified atom stereocenters. The molecule has 0 radical (unpaired) electrons. The summed E-state index contributed by atoms with van der Waals surface area (Å²) in [6.45, 7) is 9.60. The number of nitriles is 1. The second kappa shape index (κ2) is 8.26. The number of nitrogens with zero attached hydrogens (tertiary/aromatic N) is 2. The Labute approximate surface area is 128 Å². The van der Waals surface area contributed by atoms with Crippen molar-refractivity contribution in [3.05, 3.63) is 34.9 Å². The number of piperazine rings is 1. The molecule has 2 rings (SSSR count). The first-order chi connectivity index (χ1) is 9.19. The van der Waals surface area contributed by atoms with Crippen LogP contribution in [0.4, 0.5) is 0 Å². The molecule has 1 saturated heterocycles. The van der Waals surface area contributed by atoms with Crippen LogP contribution in [0.25, 0.3) is 0 Å². The van der Waals surface area contributed by atoms with Crippen molar-refractivity contribution >= 4 is 12.4 Å². The van der Waals surface area contributed by atoms with Crippen molar-refractivity contribution in [2.24, 2.45) is 5.92 Å². The van der Waals surface area contributed by atoms with Crippen molar-refractivity contribution < 1.29 is 0 Å². The van der Waals surface area contributed by atoms with E-state index >= 15 is 0 Å². The fraction of sp³-hybridized carbons (Fsp3) is 0.562. The van der Waals surface area contributed by atoms with Crippen LogP contribution >= 0.6 is 12.4 Å². The first-order valence-electron chi connectivity index (χ1n) is 7.14. The minimum Gasteiger partial charge on any atom is -0.314 e. The van der Waals surface area contributed by atoms with Crippen LogP contribution in [0.1, 0.15) is 30.5 Å². The van der Waals surface area contributed by atoms with Gasteiger partial charge in [-0.3, -0.25) is 4.90 Å². The van der Waals surface area contributed by atoms with Gasteiger partial charge in [0.05, 0.1) is 11.6 Å². The molecule has 0 saturated carbocycles. The van der Waals surface area contributed by atoms with E-state index in [9.17, 15) is 5.26 Å². The molecule has 0 amide bonds. The molecule has 1 fully saturated rings. The quantitative estimate of drug-likeness (QED) is 0.927. The highest BCUT2D eigenvalue weighted by molar-refractivity contribution is 5.85. The van der Waals surface area contributed by atoms with Gasteiger partial charge in [-0.2, -0.15) is 5.26 Å². The van der Waals surface area contributed by atoms with E-state index in [2.05, 4.69) is 42.3 Å². The molecule has 1 aromatic carbocycles. The van der Waals surface area contributed by atoms with Gasteiger partial charge < -0.3 is 5.32 Å². The number of halogens is 1. The minimum absolute atomic E-state index is 0. The van der Waals surface area contributed by atoms with Gasteiger partial charge in [0, 0.05) is 32.7 Å². The number of benzene rings is 1. The summed E-state index contributed by atoms with van der Waals surface area (Å²) < 4.78 is 0. The molecular weight excluding hydrogens is 270 g/mol. The summed E-state index contributed by atoms with van der Waals surface area (Å²) in [5.41, 5.74) is 3.35. The topological polar surface area (TPSA) is 39.1 Å². The molecule has 4 heteroatoms. The Hall–Kier alpha value is -1.08. The Kier molecular flexibility index (Phi) is 7.01. The van der Waals surface area contributed by atoms with E-state index in [0.29, 0.717) is 5.92 Å². The summed E-state index contributed by atoms with van der Waals surface area (Å²) in [7, 11) is 0. The lowest BCUT2D eigenvalue weighted by Gasteiger charge is -2.27. The van der Waals surface area contributed by atoms with Gasteiger partial charge in [0.15, 0.2) is 0 Å². The molecule has 20 heavy (non-hydrogen) atoms. The summed E-state index contributed by atoms with van der Waals surface area (Å²) >= 11 is 0. The highest BCUT2D eigenvalue weighted by Crippen LogP contribution is 2.17. The fourth-order valence-corrected chi connectivity index (χ4v) is 2.60. The Morgan fingerprint density at radius 1 is 1.30 bits per heavy atom. The maximum atomic E-state index is 9.24. The molecule has 0 bridgehead atoms. The third kappa shape index (κ3) is 4.79. The van der Waals surface area contributed by atoms with Crippen LogP contribution in [-0.4, -0.2) is 31.1 Å². The van der Waals surface area contributed by atoms with Gasteiger partial charge in [-0.05, 0) is 29.5 Å². The molecule has 3 nitrogen and oxygen atoms in total. The molecule has 0 spiro atoms. The molecule has 1 aliphatic rings. The largest absolute Gasteiger partial charge is 0.314 e. The van der Waals surface area contributed by atoms with Crippen LogP contribution in [0, 0.1) is 17.2 Å². The Bertz CT molecular complexity index is 459. The Morgan fingerprint density at radius 3 is 2.60 bits per heavy atom. The van der Waals surface area contributed by atoms with Crippen molar-refractivity contribution in [1.29, 1.82) is 5.26 Å². The fourth-order valence-electron chi connectivity index (χ4n) is 2.60. The van der Waals surface area contributed by atoms with Crippen molar-refractivity contribution in [2.75, 3.05) is 26.2 Å². The highest BCUT2D eigenvalue weighted by Gasteiger charge is 2.13. The third-order valence-electron chi connectivity index (χ3n) is 3.54. The standard InChI is InChI=1S/C16H23N3.ClH/c1-13(2)9-14-3-4-15(11-17)16(10-14)12-19-7-5-18-6-8-19;/h3-4,10,13,18H,5-9,12H2,1-2H3;1H. The van der Waals surface area contributed by atoms with E-state index in [1.807, 2.05) is 6.07 Å². The molecule has 1 aliphatic heterocycles.